The number of rotatable bonds is 3. The van der Waals surface area contributed by atoms with Gasteiger partial charge in [-0.15, -0.1) is 36.2 Å². The van der Waals surface area contributed by atoms with Gasteiger partial charge in [-0.25, -0.2) is 0 Å². The number of thiophene rings is 1. The second-order valence-corrected chi connectivity index (χ2v) is 6.53. The predicted octanol–water partition coefficient (Wildman–Crippen LogP) is 4.20. The molecule has 1 fully saturated rings. The van der Waals surface area contributed by atoms with E-state index in [0.29, 0.717) is 6.04 Å². The lowest BCUT2D eigenvalue weighted by Crippen LogP contribution is -2.45. The van der Waals surface area contributed by atoms with Crippen molar-refractivity contribution in [2.75, 3.05) is 26.2 Å². The molecule has 0 saturated carbocycles. The van der Waals surface area contributed by atoms with E-state index < -0.39 is 0 Å². The highest BCUT2D eigenvalue weighted by Crippen LogP contribution is 2.32. The third-order valence-corrected chi connectivity index (χ3v) is 5.10. The molecule has 5 heteroatoms. The summed E-state index contributed by atoms with van der Waals surface area (Å²) in [5.74, 6) is 0. The zero-order chi connectivity index (χ0) is 13.9. The van der Waals surface area contributed by atoms with Crippen LogP contribution in [0.15, 0.2) is 35.7 Å². The van der Waals surface area contributed by atoms with Crippen molar-refractivity contribution in [3.8, 4) is 0 Å². The molecule has 0 bridgehead atoms. The van der Waals surface area contributed by atoms with Crippen molar-refractivity contribution >= 4 is 36.2 Å². The Morgan fingerprint density at radius 1 is 1.05 bits per heavy atom. The van der Waals surface area contributed by atoms with E-state index in [1.54, 1.807) is 0 Å². The summed E-state index contributed by atoms with van der Waals surface area (Å²) in [4.78, 5) is 4.06. The number of nitrogens with one attached hydrogen (secondary N) is 1. The van der Waals surface area contributed by atoms with Crippen LogP contribution in [0.4, 0.5) is 0 Å². The minimum absolute atomic E-state index is 0. The average Bonchev–Trinajstić information content (AvgIpc) is 2.98. The summed E-state index contributed by atoms with van der Waals surface area (Å²) >= 11 is 1.87. The van der Waals surface area contributed by atoms with Gasteiger partial charge < -0.3 is 5.32 Å². The van der Waals surface area contributed by atoms with Gasteiger partial charge in [0.25, 0.3) is 0 Å². The number of aryl methyl sites for hydroxylation is 2. The fourth-order valence-corrected chi connectivity index (χ4v) is 3.76. The molecule has 2 nitrogen and oxygen atoms in total. The molecule has 2 aromatic rings. The van der Waals surface area contributed by atoms with Gasteiger partial charge in [0.1, 0.15) is 0 Å². The lowest BCUT2D eigenvalue weighted by molar-refractivity contribution is 0.200. The fraction of sp³-hybridized carbons (Fsp3) is 0.412. The fourth-order valence-electron chi connectivity index (χ4n) is 2.88. The van der Waals surface area contributed by atoms with Crippen molar-refractivity contribution in [2.45, 2.75) is 19.9 Å². The van der Waals surface area contributed by atoms with Crippen LogP contribution in [0.1, 0.15) is 27.6 Å². The number of benzene rings is 1. The quantitative estimate of drug-likeness (QED) is 0.884. The molecule has 122 valence electrons. The zero-order valence-corrected chi connectivity index (χ0v) is 15.5. The largest absolute Gasteiger partial charge is 0.314 e. The first-order chi connectivity index (χ1) is 9.75. The van der Waals surface area contributed by atoms with Crippen LogP contribution in [-0.2, 0) is 0 Å². The maximum Gasteiger partial charge on any atom is 0.0697 e. The van der Waals surface area contributed by atoms with Gasteiger partial charge in [-0.2, -0.15) is 0 Å². The number of piperazine rings is 1. The van der Waals surface area contributed by atoms with E-state index in [1.165, 1.54) is 21.6 Å². The summed E-state index contributed by atoms with van der Waals surface area (Å²) in [6, 6.07) is 11.8. The molecular weight excluding hydrogens is 335 g/mol. The first-order valence-corrected chi connectivity index (χ1v) is 8.19. The van der Waals surface area contributed by atoms with Gasteiger partial charge in [-0.05, 0) is 42.0 Å². The molecule has 0 spiro atoms. The Morgan fingerprint density at radius 2 is 1.77 bits per heavy atom. The molecule has 0 radical (unpaired) electrons. The van der Waals surface area contributed by atoms with Crippen LogP contribution in [0.3, 0.4) is 0 Å². The highest BCUT2D eigenvalue weighted by molar-refractivity contribution is 7.10. The Kier molecular flexibility index (Phi) is 7.87. The highest BCUT2D eigenvalue weighted by atomic mass is 35.5. The normalized spacial score (nSPS) is 16.5. The number of nitrogens with zero attached hydrogens (tertiary/aromatic N) is 1. The Labute approximate surface area is 149 Å². The van der Waals surface area contributed by atoms with E-state index in [-0.39, 0.29) is 24.8 Å². The molecule has 1 aliphatic rings. The van der Waals surface area contributed by atoms with Crippen molar-refractivity contribution < 1.29 is 0 Å². The second kappa shape index (κ2) is 8.90. The molecule has 1 saturated heterocycles. The molecule has 0 unspecified atom stereocenters. The minimum Gasteiger partial charge on any atom is -0.314 e. The lowest BCUT2D eigenvalue weighted by Gasteiger charge is -2.35. The molecular formula is C17H24Cl2N2S. The molecule has 2 heterocycles. The molecule has 1 aliphatic heterocycles. The van der Waals surface area contributed by atoms with Gasteiger partial charge in [0.2, 0.25) is 0 Å². The summed E-state index contributed by atoms with van der Waals surface area (Å²) in [7, 11) is 0. The molecule has 1 atom stereocenters. The monoisotopic (exact) mass is 358 g/mol. The van der Waals surface area contributed by atoms with Crippen molar-refractivity contribution in [2.24, 2.45) is 0 Å². The van der Waals surface area contributed by atoms with E-state index in [4.69, 9.17) is 0 Å². The molecule has 0 aliphatic carbocycles. The summed E-state index contributed by atoms with van der Waals surface area (Å²) in [6.45, 7) is 8.82. The predicted molar refractivity (Wildman–Crippen MR) is 101 cm³/mol. The van der Waals surface area contributed by atoms with Crippen molar-refractivity contribution in [3.63, 3.8) is 0 Å². The standard InChI is InChI=1S/C17H22N2S.2ClH/c1-13-5-6-15(12-14(13)2)17(16-4-3-11-20-16)19-9-7-18-8-10-19;;/h3-6,11-12,17-18H,7-10H2,1-2H3;2*1H/t17-;;/m0../s1. The smallest absolute Gasteiger partial charge is 0.0697 e. The maximum absolute atomic E-state index is 3.45. The van der Waals surface area contributed by atoms with Crippen LogP contribution in [0.2, 0.25) is 0 Å². The number of hydrogen-bond donors (Lipinski definition) is 1. The van der Waals surface area contributed by atoms with Crippen LogP contribution in [0, 0.1) is 13.8 Å². The van der Waals surface area contributed by atoms with Crippen molar-refractivity contribution in [3.05, 3.63) is 57.3 Å². The van der Waals surface area contributed by atoms with E-state index in [2.05, 4.69) is 59.8 Å². The van der Waals surface area contributed by atoms with E-state index in [1.807, 2.05) is 11.3 Å². The average molecular weight is 359 g/mol. The maximum atomic E-state index is 3.45. The second-order valence-electron chi connectivity index (χ2n) is 5.55. The summed E-state index contributed by atoms with van der Waals surface area (Å²) in [6.07, 6.45) is 0. The molecule has 22 heavy (non-hydrogen) atoms. The third kappa shape index (κ3) is 4.24. The van der Waals surface area contributed by atoms with E-state index in [9.17, 15) is 0 Å². The van der Waals surface area contributed by atoms with Gasteiger partial charge in [0, 0.05) is 31.1 Å². The summed E-state index contributed by atoms with van der Waals surface area (Å²) in [5.41, 5.74) is 4.19. The topological polar surface area (TPSA) is 15.3 Å². The number of hydrogen-bond acceptors (Lipinski definition) is 3. The van der Waals surface area contributed by atoms with Gasteiger partial charge >= 0.3 is 0 Å². The molecule has 1 N–H and O–H groups in total. The SMILES string of the molecule is Cc1ccc([C@@H](c2cccs2)N2CCNCC2)cc1C.Cl.Cl. The summed E-state index contributed by atoms with van der Waals surface area (Å²) < 4.78 is 0. The third-order valence-electron chi connectivity index (χ3n) is 4.18. The van der Waals surface area contributed by atoms with Crippen molar-refractivity contribution in [1.82, 2.24) is 10.2 Å². The zero-order valence-electron chi connectivity index (χ0n) is 13.0. The van der Waals surface area contributed by atoms with Gasteiger partial charge in [0.15, 0.2) is 0 Å². The van der Waals surface area contributed by atoms with Crippen LogP contribution in [0.5, 0.6) is 0 Å². The first kappa shape index (κ1) is 19.5. The summed E-state index contributed by atoms with van der Waals surface area (Å²) in [5, 5.41) is 5.63. The van der Waals surface area contributed by atoms with Gasteiger partial charge in [-0.3, -0.25) is 4.90 Å². The Bertz CT molecular complexity index is 566. The van der Waals surface area contributed by atoms with Crippen LogP contribution < -0.4 is 5.32 Å². The van der Waals surface area contributed by atoms with E-state index >= 15 is 0 Å². The highest BCUT2D eigenvalue weighted by Gasteiger charge is 2.24. The lowest BCUT2D eigenvalue weighted by atomic mass is 9.98. The van der Waals surface area contributed by atoms with Gasteiger partial charge in [-0.1, -0.05) is 24.3 Å². The van der Waals surface area contributed by atoms with Crippen LogP contribution in [-0.4, -0.2) is 31.1 Å². The first-order valence-electron chi connectivity index (χ1n) is 7.31. The Balaban J connectivity index is 0.00000121. The Hall–Kier alpha value is -0.580. The van der Waals surface area contributed by atoms with Crippen LogP contribution in [0.25, 0.3) is 0 Å². The minimum atomic E-state index is 0. The Morgan fingerprint density at radius 3 is 2.36 bits per heavy atom. The molecule has 1 aromatic heterocycles. The molecule has 0 amide bonds. The molecule has 1 aromatic carbocycles. The van der Waals surface area contributed by atoms with Crippen LogP contribution >= 0.6 is 36.2 Å². The molecule has 3 rings (SSSR count). The van der Waals surface area contributed by atoms with E-state index in [0.717, 1.165) is 26.2 Å². The number of halogens is 2. The van der Waals surface area contributed by atoms with Crippen molar-refractivity contribution in [1.29, 1.82) is 0 Å². The van der Waals surface area contributed by atoms with Gasteiger partial charge in [0.05, 0.1) is 6.04 Å².